The predicted molar refractivity (Wildman–Crippen MR) is 124 cm³/mol. The van der Waals surface area contributed by atoms with E-state index < -0.39 is 0 Å². The number of hydrogen-bond donors (Lipinski definition) is 0. The monoisotopic (exact) mass is 391 g/mol. The van der Waals surface area contributed by atoms with E-state index in [4.69, 9.17) is 4.74 Å². The van der Waals surface area contributed by atoms with Gasteiger partial charge in [-0.25, -0.2) is 0 Å². The summed E-state index contributed by atoms with van der Waals surface area (Å²) in [4.78, 5) is 0. The summed E-state index contributed by atoms with van der Waals surface area (Å²) in [5.41, 5.74) is 3.93. The zero-order valence-electron chi connectivity index (χ0n) is 18.4. The molecule has 0 saturated heterocycles. The van der Waals surface area contributed by atoms with Gasteiger partial charge in [-0.2, -0.15) is 0 Å². The number of benzene rings is 2. The van der Waals surface area contributed by atoms with Crippen LogP contribution in [-0.2, 0) is 6.42 Å². The smallest absolute Gasteiger partial charge is 0.127 e. The van der Waals surface area contributed by atoms with E-state index in [-0.39, 0.29) is 0 Å². The Hall–Kier alpha value is -1.76. The van der Waals surface area contributed by atoms with E-state index in [0.29, 0.717) is 0 Å². The summed E-state index contributed by atoms with van der Waals surface area (Å²) in [5, 5.41) is 0. The van der Waals surface area contributed by atoms with Gasteiger partial charge in [0.1, 0.15) is 5.75 Å². The van der Waals surface area contributed by atoms with E-state index in [1.807, 2.05) is 6.07 Å². The normalized spacial score (nSPS) is 14.4. The lowest BCUT2D eigenvalue weighted by Gasteiger charge is -2.10. The van der Waals surface area contributed by atoms with E-state index in [9.17, 15) is 0 Å². The zero-order chi connectivity index (χ0) is 20.2. The van der Waals surface area contributed by atoms with Crippen LogP contribution >= 0.6 is 0 Å². The third-order valence-electron chi connectivity index (χ3n) is 6.37. The minimum Gasteiger partial charge on any atom is -0.493 e. The third-order valence-corrected chi connectivity index (χ3v) is 6.37. The van der Waals surface area contributed by atoms with Crippen molar-refractivity contribution in [2.45, 2.75) is 90.4 Å². The topological polar surface area (TPSA) is 9.23 Å². The summed E-state index contributed by atoms with van der Waals surface area (Å²) < 4.78 is 5.98. The number of rotatable bonds is 13. The Morgan fingerprint density at radius 1 is 0.862 bits per heavy atom. The highest BCUT2D eigenvalue weighted by Crippen LogP contribution is 2.29. The maximum absolute atomic E-state index is 5.98. The molecule has 3 rings (SSSR count). The lowest BCUT2D eigenvalue weighted by Crippen LogP contribution is -1.99. The average Bonchev–Trinajstić information content (AvgIpc) is 3.28. The van der Waals surface area contributed by atoms with Crippen LogP contribution in [0, 0.1) is 12.0 Å². The zero-order valence-corrected chi connectivity index (χ0v) is 18.4. The van der Waals surface area contributed by atoms with Crippen molar-refractivity contribution in [2.75, 3.05) is 6.61 Å². The van der Waals surface area contributed by atoms with Gasteiger partial charge in [0.25, 0.3) is 0 Å². The molecule has 0 bridgehead atoms. The average molecular weight is 392 g/mol. The first-order chi connectivity index (χ1) is 14.3. The van der Waals surface area contributed by atoms with E-state index in [1.165, 1.54) is 93.7 Å². The molecule has 0 unspecified atom stereocenters. The molecule has 1 nitrogen and oxygen atoms in total. The largest absolute Gasteiger partial charge is 0.493 e. The molecule has 1 saturated carbocycles. The van der Waals surface area contributed by atoms with Crippen molar-refractivity contribution >= 4 is 0 Å². The van der Waals surface area contributed by atoms with Gasteiger partial charge >= 0.3 is 0 Å². The Bertz CT molecular complexity index is 682. The number of hydrogen-bond acceptors (Lipinski definition) is 1. The molecule has 2 aromatic carbocycles. The quantitative estimate of drug-likeness (QED) is 0.311. The lowest BCUT2D eigenvalue weighted by atomic mass is 10.00. The van der Waals surface area contributed by atoms with Crippen molar-refractivity contribution in [1.82, 2.24) is 0 Å². The minimum atomic E-state index is 0.807. The first-order valence-corrected chi connectivity index (χ1v) is 12.1. The fraction of sp³-hybridized carbons (Fsp3) is 0.571. The Balaban J connectivity index is 1.39. The summed E-state index contributed by atoms with van der Waals surface area (Å²) in [6.07, 6.45) is 17.6. The molecule has 1 radical (unpaired) electrons. The van der Waals surface area contributed by atoms with Crippen LogP contribution in [0.25, 0.3) is 11.1 Å². The fourth-order valence-electron chi connectivity index (χ4n) is 4.52. The van der Waals surface area contributed by atoms with Gasteiger partial charge in [-0.3, -0.25) is 0 Å². The first kappa shape index (κ1) is 21.9. The van der Waals surface area contributed by atoms with Crippen LogP contribution < -0.4 is 4.74 Å². The van der Waals surface area contributed by atoms with E-state index in [2.05, 4.69) is 49.4 Å². The third kappa shape index (κ3) is 7.88. The van der Waals surface area contributed by atoms with Crippen LogP contribution in [0.2, 0.25) is 0 Å². The molecule has 1 aliphatic rings. The van der Waals surface area contributed by atoms with Gasteiger partial charge in [-0.1, -0.05) is 101 Å². The molecule has 1 heteroatoms. The van der Waals surface area contributed by atoms with Crippen molar-refractivity contribution in [2.24, 2.45) is 5.92 Å². The molecule has 0 aliphatic heterocycles. The van der Waals surface area contributed by atoms with Crippen LogP contribution in [0.1, 0.15) is 89.5 Å². The number of ether oxygens (including phenoxy) is 1. The molecular weight excluding hydrogens is 352 g/mol. The molecule has 0 spiro atoms. The summed E-state index contributed by atoms with van der Waals surface area (Å²) in [7, 11) is 0. The SMILES string of the molecule is CCCCCCc1ccc(-c2cc[c]c(OCCCCCC3CCCC3)c2)cc1. The van der Waals surface area contributed by atoms with Gasteiger partial charge in [-0.15, -0.1) is 0 Å². The Morgan fingerprint density at radius 3 is 2.45 bits per heavy atom. The van der Waals surface area contributed by atoms with Crippen molar-refractivity contribution < 1.29 is 4.74 Å². The summed E-state index contributed by atoms with van der Waals surface area (Å²) in [6.45, 7) is 3.07. The van der Waals surface area contributed by atoms with Crippen molar-refractivity contribution in [3.63, 3.8) is 0 Å². The van der Waals surface area contributed by atoms with Gasteiger partial charge in [0.2, 0.25) is 0 Å². The van der Waals surface area contributed by atoms with Crippen LogP contribution in [0.15, 0.2) is 42.5 Å². The van der Waals surface area contributed by atoms with Crippen LogP contribution in [0.5, 0.6) is 5.75 Å². The fourth-order valence-corrected chi connectivity index (χ4v) is 4.52. The molecule has 2 aromatic rings. The number of aryl methyl sites for hydroxylation is 1. The van der Waals surface area contributed by atoms with Gasteiger partial charge in [-0.05, 0) is 54.0 Å². The Labute approximate surface area is 178 Å². The van der Waals surface area contributed by atoms with Gasteiger partial charge in [0.05, 0.1) is 6.61 Å². The maximum atomic E-state index is 5.98. The minimum absolute atomic E-state index is 0.807. The Kier molecular flexibility index (Phi) is 9.63. The van der Waals surface area contributed by atoms with E-state index >= 15 is 0 Å². The molecule has 0 aromatic heterocycles. The van der Waals surface area contributed by atoms with Crippen molar-refractivity contribution in [3.8, 4) is 16.9 Å². The molecule has 0 amide bonds. The molecule has 1 fully saturated rings. The highest BCUT2D eigenvalue weighted by atomic mass is 16.5. The Morgan fingerprint density at radius 2 is 1.66 bits per heavy atom. The second kappa shape index (κ2) is 12.7. The standard InChI is InChI=1S/C28H39O/c1-2-3-4-6-13-25-18-20-26(21-19-25)27-16-11-17-28(23-27)29-22-10-5-7-12-24-14-8-9-15-24/h11,16,18-21,23-24H,2-10,12-15,22H2,1H3. The van der Waals surface area contributed by atoms with Crippen molar-refractivity contribution in [1.29, 1.82) is 0 Å². The van der Waals surface area contributed by atoms with Crippen LogP contribution in [0.3, 0.4) is 0 Å². The molecule has 0 heterocycles. The molecular formula is C28H39O. The lowest BCUT2D eigenvalue weighted by molar-refractivity contribution is 0.301. The van der Waals surface area contributed by atoms with Gasteiger partial charge in [0, 0.05) is 6.07 Å². The van der Waals surface area contributed by atoms with E-state index in [1.54, 1.807) is 0 Å². The van der Waals surface area contributed by atoms with Crippen LogP contribution in [-0.4, -0.2) is 6.61 Å². The number of unbranched alkanes of at least 4 members (excludes halogenated alkanes) is 5. The second-order valence-electron chi connectivity index (χ2n) is 8.80. The van der Waals surface area contributed by atoms with Gasteiger partial charge in [0.15, 0.2) is 0 Å². The molecule has 0 atom stereocenters. The highest BCUT2D eigenvalue weighted by molar-refractivity contribution is 5.65. The highest BCUT2D eigenvalue weighted by Gasteiger charge is 2.13. The molecule has 157 valence electrons. The molecule has 29 heavy (non-hydrogen) atoms. The van der Waals surface area contributed by atoms with E-state index in [0.717, 1.165) is 24.7 Å². The second-order valence-corrected chi connectivity index (χ2v) is 8.80. The first-order valence-electron chi connectivity index (χ1n) is 12.1. The van der Waals surface area contributed by atoms with Crippen LogP contribution in [0.4, 0.5) is 0 Å². The summed E-state index contributed by atoms with van der Waals surface area (Å²) >= 11 is 0. The maximum Gasteiger partial charge on any atom is 0.127 e. The summed E-state index contributed by atoms with van der Waals surface area (Å²) in [5.74, 6) is 1.89. The summed E-state index contributed by atoms with van der Waals surface area (Å²) in [6, 6.07) is 18.6. The van der Waals surface area contributed by atoms with Gasteiger partial charge < -0.3 is 4.74 Å². The van der Waals surface area contributed by atoms with Crippen molar-refractivity contribution in [3.05, 3.63) is 54.1 Å². The predicted octanol–water partition coefficient (Wildman–Crippen LogP) is 8.41. The molecule has 0 N–H and O–H groups in total. The molecule has 1 aliphatic carbocycles.